The summed E-state index contributed by atoms with van der Waals surface area (Å²) in [7, 11) is 0. The number of benzene rings is 1. The van der Waals surface area contributed by atoms with Gasteiger partial charge in [0.1, 0.15) is 0 Å². The van der Waals surface area contributed by atoms with Crippen LogP contribution < -0.4 is 11.5 Å². The Labute approximate surface area is 83.1 Å². The van der Waals surface area contributed by atoms with Crippen molar-refractivity contribution in [3.05, 3.63) is 35.5 Å². The molecule has 0 radical (unpaired) electrons. The summed E-state index contributed by atoms with van der Waals surface area (Å²) < 4.78 is 0. The number of aromatic nitrogens is 1. The monoisotopic (exact) mass is 189 g/mol. The van der Waals surface area contributed by atoms with E-state index in [4.69, 9.17) is 11.5 Å². The summed E-state index contributed by atoms with van der Waals surface area (Å²) in [5.74, 6) is 0. The fourth-order valence-electron chi connectivity index (χ4n) is 1.66. The van der Waals surface area contributed by atoms with Crippen molar-refractivity contribution < 1.29 is 0 Å². The summed E-state index contributed by atoms with van der Waals surface area (Å²) >= 11 is 0. The average molecular weight is 189 g/mol. The lowest BCUT2D eigenvalue weighted by atomic mass is 10.1. The van der Waals surface area contributed by atoms with Gasteiger partial charge < -0.3 is 16.5 Å². The molecular formula is C11H15N3. The molecule has 0 saturated heterocycles. The van der Waals surface area contributed by atoms with Crippen LogP contribution in [0, 0.1) is 6.92 Å². The molecule has 14 heavy (non-hydrogen) atoms. The van der Waals surface area contributed by atoms with Crippen LogP contribution in [-0.2, 0) is 0 Å². The number of rotatable bonds is 2. The highest BCUT2D eigenvalue weighted by Crippen LogP contribution is 2.21. The Kier molecular flexibility index (Phi) is 2.27. The molecule has 0 aliphatic carbocycles. The maximum atomic E-state index is 5.85. The Hall–Kier alpha value is -1.32. The predicted molar refractivity (Wildman–Crippen MR) is 59.0 cm³/mol. The SMILES string of the molecule is Cc1cccc2cc(C(N)CN)[nH]c12. The van der Waals surface area contributed by atoms with Gasteiger partial charge in [-0.15, -0.1) is 0 Å². The van der Waals surface area contributed by atoms with Gasteiger partial charge in [0, 0.05) is 17.8 Å². The lowest BCUT2D eigenvalue weighted by molar-refractivity contribution is 0.718. The highest BCUT2D eigenvalue weighted by molar-refractivity contribution is 5.83. The molecule has 1 atom stereocenters. The molecule has 0 spiro atoms. The van der Waals surface area contributed by atoms with Gasteiger partial charge in [0.15, 0.2) is 0 Å². The highest BCUT2D eigenvalue weighted by atomic mass is 14.8. The van der Waals surface area contributed by atoms with E-state index < -0.39 is 0 Å². The van der Waals surface area contributed by atoms with E-state index in [-0.39, 0.29) is 6.04 Å². The smallest absolute Gasteiger partial charge is 0.0572 e. The van der Waals surface area contributed by atoms with Crippen LogP contribution in [-0.4, -0.2) is 11.5 Å². The zero-order valence-corrected chi connectivity index (χ0v) is 8.25. The summed E-state index contributed by atoms with van der Waals surface area (Å²) in [5, 5.41) is 1.20. The first-order valence-corrected chi connectivity index (χ1v) is 4.76. The minimum atomic E-state index is -0.0956. The number of fused-ring (bicyclic) bond motifs is 1. The van der Waals surface area contributed by atoms with Crippen molar-refractivity contribution in [2.75, 3.05) is 6.54 Å². The van der Waals surface area contributed by atoms with Gasteiger partial charge in [-0.25, -0.2) is 0 Å². The molecule has 2 rings (SSSR count). The first-order valence-electron chi connectivity index (χ1n) is 4.76. The lowest BCUT2D eigenvalue weighted by Crippen LogP contribution is -2.20. The molecule has 2 aromatic rings. The van der Waals surface area contributed by atoms with E-state index in [0.29, 0.717) is 6.54 Å². The average Bonchev–Trinajstić information content (AvgIpc) is 2.62. The topological polar surface area (TPSA) is 67.8 Å². The van der Waals surface area contributed by atoms with Crippen LogP contribution in [0.15, 0.2) is 24.3 Å². The van der Waals surface area contributed by atoms with Crippen molar-refractivity contribution in [3.8, 4) is 0 Å². The molecule has 0 saturated carbocycles. The number of nitrogens with one attached hydrogen (secondary N) is 1. The molecule has 0 amide bonds. The molecule has 3 heteroatoms. The fourth-order valence-corrected chi connectivity index (χ4v) is 1.66. The number of aromatic amines is 1. The van der Waals surface area contributed by atoms with Crippen LogP contribution in [0.2, 0.25) is 0 Å². The first kappa shape index (κ1) is 9.24. The van der Waals surface area contributed by atoms with E-state index in [1.807, 2.05) is 6.07 Å². The van der Waals surface area contributed by atoms with Crippen molar-refractivity contribution in [2.24, 2.45) is 11.5 Å². The predicted octanol–water partition coefficient (Wildman–Crippen LogP) is 1.43. The molecule has 3 nitrogen and oxygen atoms in total. The Morgan fingerprint density at radius 3 is 2.86 bits per heavy atom. The third-order valence-corrected chi connectivity index (χ3v) is 2.54. The van der Waals surface area contributed by atoms with Gasteiger partial charge in [-0.3, -0.25) is 0 Å². The van der Waals surface area contributed by atoms with Crippen molar-refractivity contribution in [1.29, 1.82) is 0 Å². The van der Waals surface area contributed by atoms with Crippen LogP contribution >= 0.6 is 0 Å². The number of hydrogen-bond acceptors (Lipinski definition) is 2. The third-order valence-electron chi connectivity index (χ3n) is 2.54. The molecule has 5 N–H and O–H groups in total. The number of nitrogens with two attached hydrogens (primary N) is 2. The number of aryl methyl sites for hydroxylation is 1. The van der Waals surface area contributed by atoms with Gasteiger partial charge in [-0.05, 0) is 23.9 Å². The molecule has 74 valence electrons. The van der Waals surface area contributed by atoms with E-state index in [1.165, 1.54) is 10.9 Å². The quantitative estimate of drug-likeness (QED) is 0.669. The van der Waals surface area contributed by atoms with Gasteiger partial charge in [0.05, 0.1) is 6.04 Å². The van der Waals surface area contributed by atoms with Crippen molar-refractivity contribution >= 4 is 10.9 Å². The van der Waals surface area contributed by atoms with Crippen LogP contribution in [0.3, 0.4) is 0 Å². The molecule has 1 heterocycles. The molecule has 0 aliphatic rings. The second-order valence-corrected chi connectivity index (χ2v) is 3.61. The van der Waals surface area contributed by atoms with E-state index in [0.717, 1.165) is 11.2 Å². The first-order chi connectivity index (χ1) is 6.72. The highest BCUT2D eigenvalue weighted by Gasteiger charge is 2.07. The van der Waals surface area contributed by atoms with E-state index in [2.05, 4.69) is 30.1 Å². The zero-order chi connectivity index (χ0) is 10.1. The maximum Gasteiger partial charge on any atom is 0.0572 e. The summed E-state index contributed by atoms with van der Waals surface area (Å²) in [6.45, 7) is 2.54. The molecule has 0 aliphatic heterocycles. The van der Waals surface area contributed by atoms with Gasteiger partial charge >= 0.3 is 0 Å². The van der Waals surface area contributed by atoms with Crippen LogP contribution in [0.1, 0.15) is 17.3 Å². The summed E-state index contributed by atoms with van der Waals surface area (Å²) in [6.07, 6.45) is 0. The number of H-pyrrole nitrogens is 1. The Bertz CT molecular complexity index is 445. The lowest BCUT2D eigenvalue weighted by Gasteiger charge is -2.04. The number of para-hydroxylation sites is 1. The zero-order valence-electron chi connectivity index (χ0n) is 8.25. The van der Waals surface area contributed by atoms with Crippen molar-refractivity contribution in [3.63, 3.8) is 0 Å². The van der Waals surface area contributed by atoms with Crippen LogP contribution in [0.4, 0.5) is 0 Å². The molecule has 1 unspecified atom stereocenters. The van der Waals surface area contributed by atoms with E-state index in [9.17, 15) is 0 Å². The minimum absolute atomic E-state index is 0.0956. The Morgan fingerprint density at radius 1 is 1.43 bits per heavy atom. The van der Waals surface area contributed by atoms with Gasteiger partial charge in [-0.2, -0.15) is 0 Å². The largest absolute Gasteiger partial charge is 0.357 e. The van der Waals surface area contributed by atoms with E-state index in [1.54, 1.807) is 0 Å². The fraction of sp³-hybridized carbons (Fsp3) is 0.273. The Balaban J connectivity index is 2.56. The number of hydrogen-bond donors (Lipinski definition) is 3. The molecule has 1 aromatic heterocycles. The van der Waals surface area contributed by atoms with Gasteiger partial charge in [0.2, 0.25) is 0 Å². The van der Waals surface area contributed by atoms with Crippen LogP contribution in [0.25, 0.3) is 10.9 Å². The molecular weight excluding hydrogens is 174 g/mol. The minimum Gasteiger partial charge on any atom is -0.357 e. The van der Waals surface area contributed by atoms with Gasteiger partial charge in [0.25, 0.3) is 0 Å². The third kappa shape index (κ3) is 1.41. The molecule has 0 bridgehead atoms. The Morgan fingerprint density at radius 2 is 2.21 bits per heavy atom. The maximum absolute atomic E-state index is 5.85. The summed E-state index contributed by atoms with van der Waals surface area (Å²) in [6, 6.07) is 8.17. The van der Waals surface area contributed by atoms with Crippen molar-refractivity contribution in [1.82, 2.24) is 4.98 Å². The van der Waals surface area contributed by atoms with Gasteiger partial charge in [-0.1, -0.05) is 18.2 Å². The summed E-state index contributed by atoms with van der Waals surface area (Å²) in [5.41, 5.74) is 14.8. The van der Waals surface area contributed by atoms with E-state index >= 15 is 0 Å². The second-order valence-electron chi connectivity index (χ2n) is 3.61. The van der Waals surface area contributed by atoms with Crippen LogP contribution in [0.5, 0.6) is 0 Å². The standard InChI is InChI=1S/C11H15N3/c1-7-3-2-4-8-5-10(9(13)6-12)14-11(7)8/h2-5,9,14H,6,12-13H2,1H3. The second kappa shape index (κ2) is 3.44. The molecule has 1 aromatic carbocycles. The van der Waals surface area contributed by atoms with Crippen molar-refractivity contribution in [2.45, 2.75) is 13.0 Å². The molecule has 0 fully saturated rings. The summed E-state index contributed by atoms with van der Waals surface area (Å²) in [4.78, 5) is 3.31. The normalized spacial score (nSPS) is 13.4.